The Balaban J connectivity index is 2.18. The van der Waals surface area contributed by atoms with Gasteiger partial charge in [-0.2, -0.15) is 0 Å². The molecule has 5 heteroatoms. The Hall–Kier alpha value is -1.36. The summed E-state index contributed by atoms with van der Waals surface area (Å²) in [7, 11) is 0. The Bertz CT molecular complexity index is 418. The van der Waals surface area contributed by atoms with Crippen LogP contribution in [0, 0.1) is 0 Å². The van der Waals surface area contributed by atoms with Gasteiger partial charge in [0.15, 0.2) is 5.13 Å². The van der Waals surface area contributed by atoms with Crippen LogP contribution < -0.4 is 5.73 Å². The van der Waals surface area contributed by atoms with Crippen molar-refractivity contribution < 1.29 is 0 Å². The van der Waals surface area contributed by atoms with Crippen molar-refractivity contribution in [3.63, 3.8) is 0 Å². The number of aryl methyl sites for hydroxylation is 1. The van der Waals surface area contributed by atoms with Gasteiger partial charge in [-0.1, -0.05) is 6.92 Å². The van der Waals surface area contributed by atoms with Crippen LogP contribution in [-0.4, -0.2) is 14.5 Å². The summed E-state index contributed by atoms with van der Waals surface area (Å²) in [5, 5.41) is 2.60. The topological polar surface area (TPSA) is 56.7 Å². The second-order valence-corrected chi connectivity index (χ2v) is 3.89. The van der Waals surface area contributed by atoms with Crippen LogP contribution in [-0.2, 0) is 13.0 Å². The quantitative estimate of drug-likeness (QED) is 0.832. The number of anilines is 1. The molecule has 2 N–H and O–H groups in total. The van der Waals surface area contributed by atoms with Gasteiger partial charge < -0.3 is 10.3 Å². The van der Waals surface area contributed by atoms with Crippen LogP contribution in [0.3, 0.4) is 0 Å². The highest BCUT2D eigenvalue weighted by molar-refractivity contribution is 7.13. The number of thiazole rings is 1. The van der Waals surface area contributed by atoms with Crippen molar-refractivity contribution in [3.05, 3.63) is 29.3 Å². The summed E-state index contributed by atoms with van der Waals surface area (Å²) in [6.07, 6.45) is 4.72. The largest absolute Gasteiger partial charge is 0.375 e. The lowest BCUT2D eigenvalue weighted by atomic mass is 10.4. The zero-order valence-corrected chi connectivity index (χ0v) is 8.79. The molecule has 0 aliphatic rings. The van der Waals surface area contributed by atoms with Crippen LogP contribution >= 0.6 is 11.3 Å². The summed E-state index contributed by atoms with van der Waals surface area (Å²) in [4.78, 5) is 8.45. The molecule has 4 nitrogen and oxygen atoms in total. The zero-order chi connectivity index (χ0) is 9.97. The van der Waals surface area contributed by atoms with E-state index in [4.69, 9.17) is 5.73 Å². The minimum absolute atomic E-state index is 0.623. The fraction of sp³-hybridized carbons (Fsp3) is 0.333. The molecule has 0 amide bonds. The van der Waals surface area contributed by atoms with Gasteiger partial charge in [0, 0.05) is 24.2 Å². The Morgan fingerprint density at radius 1 is 1.57 bits per heavy atom. The Labute approximate surface area is 86.4 Å². The first kappa shape index (κ1) is 9.21. The number of nitrogens with two attached hydrogens (primary N) is 1. The second-order valence-electron chi connectivity index (χ2n) is 3.00. The van der Waals surface area contributed by atoms with E-state index >= 15 is 0 Å². The van der Waals surface area contributed by atoms with Gasteiger partial charge in [-0.3, -0.25) is 0 Å². The Morgan fingerprint density at radius 2 is 2.43 bits per heavy atom. The molecular formula is C9H12N4S. The van der Waals surface area contributed by atoms with Crippen LogP contribution in [0.2, 0.25) is 0 Å². The average molecular weight is 208 g/mol. The average Bonchev–Trinajstić information content (AvgIpc) is 2.76. The number of hydrogen-bond donors (Lipinski definition) is 1. The van der Waals surface area contributed by atoms with E-state index in [0.29, 0.717) is 5.13 Å². The number of nitrogen functional groups attached to an aromatic ring is 1. The molecule has 0 aliphatic heterocycles. The Morgan fingerprint density at radius 3 is 3.07 bits per heavy atom. The molecule has 2 aromatic rings. The molecule has 14 heavy (non-hydrogen) atoms. The van der Waals surface area contributed by atoms with Gasteiger partial charge in [-0.15, -0.1) is 11.3 Å². The van der Waals surface area contributed by atoms with Gasteiger partial charge in [0.1, 0.15) is 5.82 Å². The number of nitrogens with zero attached hydrogens (tertiary/aromatic N) is 3. The minimum atomic E-state index is 0.623. The highest BCUT2D eigenvalue weighted by Crippen LogP contribution is 2.12. The lowest BCUT2D eigenvalue weighted by molar-refractivity contribution is 0.720. The maximum atomic E-state index is 5.56. The number of rotatable bonds is 3. The maximum absolute atomic E-state index is 5.56. The predicted molar refractivity (Wildman–Crippen MR) is 57.2 cm³/mol. The molecule has 74 valence electrons. The van der Waals surface area contributed by atoms with Crippen LogP contribution in [0.4, 0.5) is 5.13 Å². The third kappa shape index (κ3) is 1.77. The molecule has 0 radical (unpaired) electrons. The van der Waals surface area contributed by atoms with E-state index in [1.165, 1.54) is 11.3 Å². The molecule has 0 aromatic carbocycles. The lowest BCUT2D eigenvalue weighted by Gasteiger charge is -2.02. The van der Waals surface area contributed by atoms with Crippen molar-refractivity contribution in [1.29, 1.82) is 0 Å². The predicted octanol–water partition coefficient (Wildman–Crippen LogP) is 1.53. The van der Waals surface area contributed by atoms with Crippen molar-refractivity contribution in [1.82, 2.24) is 14.5 Å². The molecule has 0 aliphatic carbocycles. The third-order valence-electron chi connectivity index (χ3n) is 2.02. The molecule has 0 fully saturated rings. The smallest absolute Gasteiger partial charge is 0.180 e. The lowest BCUT2D eigenvalue weighted by Crippen LogP contribution is -2.03. The van der Waals surface area contributed by atoms with Gasteiger partial charge in [0.2, 0.25) is 0 Å². The highest BCUT2D eigenvalue weighted by atomic mass is 32.1. The van der Waals surface area contributed by atoms with Crippen molar-refractivity contribution in [2.45, 2.75) is 19.9 Å². The summed E-state index contributed by atoms with van der Waals surface area (Å²) in [5.74, 6) is 1.08. The molecule has 0 bridgehead atoms. The summed E-state index contributed by atoms with van der Waals surface area (Å²) < 4.78 is 2.09. The van der Waals surface area contributed by atoms with Crippen molar-refractivity contribution in [3.8, 4) is 0 Å². The third-order valence-corrected chi connectivity index (χ3v) is 2.74. The molecule has 0 atom stereocenters. The van der Waals surface area contributed by atoms with Crippen molar-refractivity contribution in [2.75, 3.05) is 5.73 Å². The van der Waals surface area contributed by atoms with Gasteiger partial charge in [0.05, 0.1) is 12.2 Å². The first-order valence-electron chi connectivity index (χ1n) is 4.49. The van der Waals surface area contributed by atoms with Crippen LogP contribution in [0.1, 0.15) is 18.4 Å². The Kier molecular flexibility index (Phi) is 2.49. The molecular weight excluding hydrogens is 196 g/mol. The monoisotopic (exact) mass is 208 g/mol. The molecule has 0 saturated heterocycles. The maximum Gasteiger partial charge on any atom is 0.180 e. The fourth-order valence-corrected chi connectivity index (χ4v) is 1.92. The first-order chi connectivity index (χ1) is 6.79. The molecule has 2 aromatic heterocycles. The molecule has 2 rings (SSSR count). The van der Waals surface area contributed by atoms with E-state index in [1.807, 2.05) is 17.8 Å². The van der Waals surface area contributed by atoms with Crippen molar-refractivity contribution in [2.24, 2.45) is 0 Å². The summed E-state index contributed by atoms with van der Waals surface area (Å²) >= 11 is 1.47. The molecule has 2 heterocycles. The van der Waals surface area contributed by atoms with Gasteiger partial charge >= 0.3 is 0 Å². The van der Waals surface area contributed by atoms with Gasteiger partial charge in [-0.05, 0) is 0 Å². The number of imidazole rings is 1. The SMILES string of the molecule is CCc1nccn1Cc1csc(N)n1. The van der Waals surface area contributed by atoms with Crippen LogP contribution in [0.5, 0.6) is 0 Å². The van der Waals surface area contributed by atoms with E-state index < -0.39 is 0 Å². The van der Waals surface area contributed by atoms with Gasteiger partial charge in [0.25, 0.3) is 0 Å². The van der Waals surface area contributed by atoms with E-state index in [2.05, 4.69) is 21.5 Å². The van der Waals surface area contributed by atoms with Crippen LogP contribution in [0.25, 0.3) is 0 Å². The molecule has 0 saturated carbocycles. The summed E-state index contributed by atoms with van der Waals surface area (Å²) in [6, 6.07) is 0. The number of hydrogen-bond acceptors (Lipinski definition) is 4. The van der Waals surface area contributed by atoms with E-state index in [-0.39, 0.29) is 0 Å². The minimum Gasteiger partial charge on any atom is -0.375 e. The summed E-state index contributed by atoms with van der Waals surface area (Å²) in [5.41, 5.74) is 6.56. The van der Waals surface area contributed by atoms with E-state index in [9.17, 15) is 0 Å². The molecule has 0 spiro atoms. The molecule has 0 unspecified atom stereocenters. The highest BCUT2D eigenvalue weighted by Gasteiger charge is 2.03. The zero-order valence-electron chi connectivity index (χ0n) is 7.97. The number of aromatic nitrogens is 3. The standard InChI is InChI=1S/C9H12N4S/c1-2-8-11-3-4-13(8)5-7-6-14-9(10)12-7/h3-4,6H,2,5H2,1H3,(H2,10,12). The van der Waals surface area contributed by atoms with E-state index in [1.54, 1.807) is 0 Å². The van der Waals surface area contributed by atoms with Crippen LogP contribution in [0.15, 0.2) is 17.8 Å². The normalized spacial score (nSPS) is 10.6. The first-order valence-corrected chi connectivity index (χ1v) is 5.37. The second kappa shape index (κ2) is 3.79. The van der Waals surface area contributed by atoms with E-state index in [0.717, 1.165) is 24.5 Å². The van der Waals surface area contributed by atoms with Crippen molar-refractivity contribution >= 4 is 16.5 Å². The summed E-state index contributed by atoms with van der Waals surface area (Å²) in [6.45, 7) is 2.85. The fourth-order valence-electron chi connectivity index (χ4n) is 1.37. The van der Waals surface area contributed by atoms with Gasteiger partial charge in [-0.25, -0.2) is 9.97 Å².